The predicted molar refractivity (Wildman–Crippen MR) is 116 cm³/mol. The molecule has 172 valence electrons. The SMILES string of the molecule is CCc1ccc(Nc2ncnc(O[C@H]3CC4CCC3N4c3nc(C4CC4)no3)c2F)c(F)c1. The molecule has 6 rings (SSSR count). The van der Waals surface area contributed by atoms with Gasteiger partial charge in [-0.2, -0.15) is 14.4 Å². The molecule has 3 fully saturated rings. The van der Waals surface area contributed by atoms with Crippen molar-refractivity contribution < 1.29 is 18.0 Å². The van der Waals surface area contributed by atoms with Gasteiger partial charge in [-0.3, -0.25) is 0 Å². The van der Waals surface area contributed by atoms with Gasteiger partial charge in [0, 0.05) is 18.4 Å². The van der Waals surface area contributed by atoms with Gasteiger partial charge in [0.25, 0.3) is 5.88 Å². The summed E-state index contributed by atoms with van der Waals surface area (Å²) in [7, 11) is 0. The van der Waals surface area contributed by atoms with Crippen molar-refractivity contribution >= 4 is 17.5 Å². The fourth-order valence-corrected chi connectivity index (χ4v) is 4.87. The first-order valence-electron chi connectivity index (χ1n) is 11.4. The average molecular weight is 454 g/mol. The molecule has 2 unspecified atom stereocenters. The predicted octanol–water partition coefficient (Wildman–Crippen LogP) is 4.51. The highest BCUT2D eigenvalue weighted by Gasteiger charge is 2.50. The summed E-state index contributed by atoms with van der Waals surface area (Å²) in [5.74, 6) is -0.318. The van der Waals surface area contributed by atoms with E-state index in [0.29, 0.717) is 24.8 Å². The molecule has 2 saturated heterocycles. The van der Waals surface area contributed by atoms with Gasteiger partial charge in [0.05, 0.1) is 11.7 Å². The number of aryl methyl sites for hydroxylation is 1. The largest absolute Gasteiger partial charge is 0.470 e. The number of rotatable bonds is 7. The Morgan fingerprint density at radius 1 is 1.18 bits per heavy atom. The molecule has 8 nitrogen and oxygen atoms in total. The molecule has 4 heterocycles. The molecule has 1 saturated carbocycles. The van der Waals surface area contributed by atoms with Crippen molar-refractivity contribution in [3.8, 4) is 5.88 Å². The number of anilines is 3. The summed E-state index contributed by atoms with van der Waals surface area (Å²) in [6, 6.07) is 5.53. The fraction of sp³-hybridized carbons (Fsp3) is 0.478. The quantitative estimate of drug-likeness (QED) is 0.558. The van der Waals surface area contributed by atoms with E-state index in [-0.39, 0.29) is 35.6 Å². The summed E-state index contributed by atoms with van der Waals surface area (Å²) >= 11 is 0. The molecule has 0 radical (unpaired) electrons. The number of nitrogens with zero attached hydrogens (tertiary/aromatic N) is 5. The molecular formula is C23H24F2N6O2. The Bertz CT molecular complexity index is 1180. The van der Waals surface area contributed by atoms with Crippen molar-refractivity contribution in [2.45, 2.75) is 69.6 Å². The van der Waals surface area contributed by atoms with Gasteiger partial charge in [-0.15, -0.1) is 0 Å². The van der Waals surface area contributed by atoms with Gasteiger partial charge in [0.15, 0.2) is 11.6 Å². The third-order valence-electron chi connectivity index (χ3n) is 6.79. The van der Waals surface area contributed by atoms with E-state index in [4.69, 9.17) is 9.26 Å². The lowest BCUT2D eigenvalue weighted by Crippen LogP contribution is -2.35. The lowest BCUT2D eigenvalue weighted by atomic mass is 9.98. The molecule has 10 heteroatoms. The molecule has 0 spiro atoms. The van der Waals surface area contributed by atoms with Crippen LogP contribution >= 0.6 is 0 Å². The number of aromatic nitrogens is 4. The highest BCUT2D eigenvalue weighted by atomic mass is 19.1. The van der Waals surface area contributed by atoms with Crippen LogP contribution in [0, 0.1) is 11.6 Å². The van der Waals surface area contributed by atoms with Crippen molar-refractivity contribution in [2.75, 3.05) is 10.2 Å². The van der Waals surface area contributed by atoms with Gasteiger partial charge in [-0.05, 0) is 49.8 Å². The fourth-order valence-electron chi connectivity index (χ4n) is 4.87. The molecule has 2 aromatic heterocycles. The Kier molecular flexibility index (Phi) is 4.88. The topological polar surface area (TPSA) is 89.2 Å². The highest BCUT2D eigenvalue weighted by Crippen LogP contribution is 2.44. The number of nitrogens with one attached hydrogen (secondary N) is 1. The minimum Gasteiger partial charge on any atom is -0.470 e. The summed E-state index contributed by atoms with van der Waals surface area (Å²) in [4.78, 5) is 14.6. The zero-order valence-corrected chi connectivity index (χ0v) is 18.2. The third-order valence-corrected chi connectivity index (χ3v) is 6.79. The first kappa shape index (κ1) is 20.3. The maximum absolute atomic E-state index is 15.2. The minimum atomic E-state index is -0.750. The van der Waals surface area contributed by atoms with Gasteiger partial charge in [-0.1, -0.05) is 18.1 Å². The maximum Gasteiger partial charge on any atom is 0.324 e. The van der Waals surface area contributed by atoms with Crippen molar-refractivity contribution in [2.24, 2.45) is 0 Å². The van der Waals surface area contributed by atoms with Crippen molar-refractivity contribution in [3.63, 3.8) is 0 Å². The van der Waals surface area contributed by atoms with Crippen LogP contribution in [0.4, 0.5) is 26.3 Å². The van der Waals surface area contributed by atoms with Crippen molar-refractivity contribution in [1.29, 1.82) is 0 Å². The van der Waals surface area contributed by atoms with E-state index in [1.165, 1.54) is 12.4 Å². The Balaban J connectivity index is 1.19. The summed E-state index contributed by atoms with van der Waals surface area (Å²) in [5.41, 5.74) is 1.00. The number of hydrogen-bond acceptors (Lipinski definition) is 8. The van der Waals surface area contributed by atoms with Crippen molar-refractivity contribution in [3.05, 3.63) is 47.5 Å². The molecule has 33 heavy (non-hydrogen) atoms. The number of fused-ring (bicyclic) bond motifs is 2. The monoisotopic (exact) mass is 454 g/mol. The molecule has 0 amide bonds. The van der Waals surface area contributed by atoms with Gasteiger partial charge >= 0.3 is 6.01 Å². The van der Waals surface area contributed by atoms with E-state index in [9.17, 15) is 4.39 Å². The third kappa shape index (κ3) is 3.67. The summed E-state index contributed by atoms with van der Waals surface area (Å²) < 4.78 is 41.1. The van der Waals surface area contributed by atoms with E-state index >= 15 is 4.39 Å². The summed E-state index contributed by atoms with van der Waals surface area (Å²) in [6.45, 7) is 1.94. The standard InChI is InChI=1S/C23H24F2N6O2/c1-2-12-3-7-16(15(24)9-12)28-21-19(25)22(27-11-26-21)32-18-10-14-6-8-17(18)31(14)23-29-20(30-33-23)13-4-5-13/h3,7,9,11,13-14,17-18H,2,4-6,8,10H2,1H3,(H,26,27,28)/t14?,17?,18-/m0/s1. The highest BCUT2D eigenvalue weighted by molar-refractivity contribution is 5.58. The molecule has 1 aromatic carbocycles. The van der Waals surface area contributed by atoms with E-state index in [1.807, 2.05) is 6.92 Å². The maximum atomic E-state index is 15.2. The molecule has 1 aliphatic carbocycles. The van der Waals surface area contributed by atoms with E-state index in [0.717, 1.165) is 37.1 Å². The number of benzene rings is 1. The van der Waals surface area contributed by atoms with Crippen molar-refractivity contribution in [1.82, 2.24) is 20.1 Å². The number of hydrogen-bond donors (Lipinski definition) is 1. The van der Waals surface area contributed by atoms with E-state index in [2.05, 4.69) is 30.3 Å². The second-order valence-corrected chi connectivity index (χ2v) is 8.94. The lowest BCUT2D eigenvalue weighted by molar-refractivity contribution is 0.157. The van der Waals surface area contributed by atoms with Gasteiger partial charge in [0.1, 0.15) is 18.2 Å². The molecule has 3 aromatic rings. The van der Waals surface area contributed by atoms with E-state index in [1.54, 1.807) is 12.1 Å². The molecule has 3 aliphatic rings. The van der Waals surface area contributed by atoms with Crippen LogP contribution in [0.3, 0.4) is 0 Å². The van der Waals surface area contributed by atoms with Gasteiger partial charge in [-0.25, -0.2) is 9.37 Å². The molecule has 1 N–H and O–H groups in total. The van der Waals surface area contributed by atoms with Crippen LogP contribution in [0.25, 0.3) is 0 Å². The smallest absolute Gasteiger partial charge is 0.324 e. The first-order chi connectivity index (χ1) is 16.1. The summed E-state index contributed by atoms with van der Waals surface area (Å²) in [5, 5.41) is 6.84. The van der Waals surface area contributed by atoms with E-state index < -0.39 is 11.6 Å². The van der Waals surface area contributed by atoms with Gasteiger partial charge in [0.2, 0.25) is 5.82 Å². The normalized spacial score (nSPS) is 23.8. The molecular weight excluding hydrogens is 430 g/mol. The minimum absolute atomic E-state index is 0.00677. The Hall–Kier alpha value is -3.30. The van der Waals surface area contributed by atoms with Crippen LogP contribution in [0.5, 0.6) is 5.88 Å². The summed E-state index contributed by atoms with van der Waals surface area (Å²) in [6.07, 6.45) is 6.47. The Morgan fingerprint density at radius 2 is 2.06 bits per heavy atom. The number of ether oxygens (including phenoxy) is 1. The second kappa shape index (κ2) is 7.93. The average Bonchev–Trinajstić information content (AvgIpc) is 3.27. The molecule has 3 atom stereocenters. The first-order valence-corrected chi connectivity index (χ1v) is 11.4. The van der Waals surface area contributed by atoms with Crippen LogP contribution < -0.4 is 15.0 Å². The second-order valence-electron chi connectivity index (χ2n) is 8.94. The van der Waals surface area contributed by atoms with Crippen LogP contribution in [0.2, 0.25) is 0 Å². The van der Waals surface area contributed by atoms with Gasteiger partial charge < -0.3 is 19.5 Å². The van der Waals surface area contributed by atoms with Crippen LogP contribution in [-0.2, 0) is 6.42 Å². The molecule has 2 bridgehead atoms. The number of halogens is 2. The van der Waals surface area contributed by atoms with Crippen LogP contribution in [0.15, 0.2) is 29.0 Å². The Labute approximate surface area is 189 Å². The Morgan fingerprint density at radius 3 is 2.85 bits per heavy atom. The zero-order chi connectivity index (χ0) is 22.5. The van der Waals surface area contributed by atoms with Crippen LogP contribution in [-0.4, -0.2) is 38.3 Å². The molecule has 2 aliphatic heterocycles. The van der Waals surface area contributed by atoms with Crippen LogP contribution in [0.1, 0.15) is 56.3 Å². The lowest BCUT2D eigenvalue weighted by Gasteiger charge is -2.23. The zero-order valence-electron chi connectivity index (χ0n) is 18.2.